The van der Waals surface area contributed by atoms with E-state index in [1.807, 2.05) is 0 Å². The lowest BCUT2D eigenvalue weighted by Crippen LogP contribution is -2.43. The largest absolute Gasteiger partial charge is 0.375 e. The molecule has 3 heteroatoms. The topological polar surface area (TPSA) is 21.3 Å². The highest BCUT2D eigenvalue weighted by Gasteiger charge is 2.38. The minimum atomic E-state index is 0.272. The second-order valence-corrected chi connectivity index (χ2v) is 7.58. The molecule has 0 saturated carbocycles. The lowest BCUT2D eigenvalue weighted by atomic mass is 9.79. The molecule has 0 radical (unpaired) electrons. The number of nitrogens with one attached hydrogen (secondary N) is 1. The van der Waals surface area contributed by atoms with Crippen LogP contribution >= 0.6 is 11.8 Å². The summed E-state index contributed by atoms with van der Waals surface area (Å²) >= 11 is 2.10. The standard InChI is InChI=1S/C16H31NOS/c1-3-4-15(17-2)6-5-14-7-10-18-16(13-14)8-11-19-12-9-16/h14-15,17H,3-13H2,1-2H3. The number of thioether (sulfide) groups is 1. The fraction of sp³-hybridized carbons (Fsp3) is 1.00. The Morgan fingerprint density at radius 1 is 1.32 bits per heavy atom. The van der Waals surface area contributed by atoms with Crippen molar-refractivity contribution in [2.45, 2.75) is 69.9 Å². The Morgan fingerprint density at radius 3 is 2.79 bits per heavy atom. The molecule has 2 rings (SSSR count). The van der Waals surface area contributed by atoms with Crippen LogP contribution in [-0.4, -0.2) is 36.8 Å². The third kappa shape index (κ3) is 4.64. The van der Waals surface area contributed by atoms with E-state index in [1.54, 1.807) is 0 Å². The zero-order valence-corrected chi connectivity index (χ0v) is 13.6. The van der Waals surface area contributed by atoms with Gasteiger partial charge in [0.1, 0.15) is 0 Å². The van der Waals surface area contributed by atoms with Gasteiger partial charge in [-0.05, 0) is 69.4 Å². The first-order chi connectivity index (χ1) is 9.28. The maximum absolute atomic E-state index is 6.19. The van der Waals surface area contributed by atoms with Gasteiger partial charge in [-0.1, -0.05) is 13.3 Å². The molecule has 2 heterocycles. The first-order valence-corrected chi connectivity index (χ1v) is 9.32. The fourth-order valence-corrected chi connectivity index (χ4v) is 4.92. The van der Waals surface area contributed by atoms with Crippen molar-refractivity contribution in [2.24, 2.45) is 5.92 Å². The predicted octanol–water partition coefficient (Wildman–Crippen LogP) is 3.85. The highest BCUT2D eigenvalue weighted by molar-refractivity contribution is 7.99. The third-order valence-electron chi connectivity index (χ3n) is 4.97. The normalized spacial score (nSPS) is 28.4. The Labute approximate surface area is 123 Å². The van der Waals surface area contributed by atoms with Crippen LogP contribution in [0, 0.1) is 5.92 Å². The highest BCUT2D eigenvalue weighted by atomic mass is 32.2. The summed E-state index contributed by atoms with van der Waals surface area (Å²) < 4.78 is 6.19. The monoisotopic (exact) mass is 285 g/mol. The van der Waals surface area contributed by atoms with Gasteiger partial charge in [0, 0.05) is 12.6 Å². The van der Waals surface area contributed by atoms with Gasteiger partial charge in [0.05, 0.1) is 5.60 Å². The summed E-state index contributed by atoms with van der Waals surface area (Å²) in [5, 5.41) is 3.48. The Kier molecular flexibility index (Phi) is 6.51. The zero-order chi connectivity index (χ0) is 13.6. The molecule has 112 valence electrons. The van der Waals surface area contributed by atoms with Crippen molar-refractivity contribution in [3.8, 4) is 0 Å². The van der Waals surface area contributed by atoms with Gasteiger partial charge < -0.3 is 10.1 Å². The first-order valence-electron chi connectivity index (χ1n) is 8.17. The van der Waals surface area contributed by atoms with Gasteiger partial charge in [0.15, 0.2) is 0 Å². The van der Waals surface area contributed by atoms with E-state index in [1.165, 1.54) is 62.9 Å². The summed E-state index contributed by atoms with van der Waals surface area (Å²) in [6.07, 6.45) is 10.6. The molecule has 0 bridgehead atoms. The van der Waals surface area contributed by atoms with E-state index < -0.39 is 0 Å². The molecule has 0 aromatic carbocycles. The highest BCUT2D eigenvalue weighted by Crippen LogP contribution is 2.41. The summed E-state index contributed by atoms with van der Waals surface area (Å²) in [7, 11) is 2.12. The Hall–Kier alpha value is 0.270. The summed E-state index contributed by atoms with van der Waals surface area (Å²) in [4.78, 5) is 0. The molecule has 0 aromatic rings. The fourth-order valence-electron chi connectivity index (χ4n) is 3.69. The molecule has 2 saturated heterocycles. The van der Waals surface area contributed by atoms with E-state index in [0.717, 1.165) is 18.6 Å². The van der Waals surface area contributed by atoms with Crippen LogP contribution in [-0.2, 0) is 4.74 Å². The van der Waals surface area contributed by atoms with Crippen LogP contribution in [0.4, 0.5) is 0 Å². The molecular formula is C16H31NOS. The molecule has 0 aromatic heterocycles. The van der Waals surface area contributed by atoms with E-state index in [9.17, 15) is 0 Å². The third-order valence-corrected chi connectivity index (χ3v) is 5.95. The number of rotatable bonds is 6. The Bertz CT molecular complexity index is 248. The molecule has 2 unspecified atom stereocenters. The van der Waals surface area contributed by atoms with E-state index in [4.69, 9.17) is 4.74 Å². The second kappa shape index (κ2) is 7.90. The summed E-state index contributed by atoms with van der Waals surface area (Å²) in [5.41, 5.74) is 0.272. The number of hydrogen-bond donors (Lipinski definition) is 1. The molecule has 2 aliphatic rings. The average molecular weight is 285 g/mol. The van der Waals surface area contributed by atoms with Crippen LogP contribution in [0.1, 0.15) is 58.3 Å². The van der Waals surface area contributed by atoms with Crippen LogP contribution in [0.25, 0.3) is 0 Å². The lowest BCUT2D eigenvalue weighted by Gasteiger charge is -2.43. The van der Waals surface area contributed by atoms with Crippen LogP contribution in [0.2, 0.25) is 0 Å². The minimum Gasteiger partial charge on any atom is -0.375 e. The van der Waals surface area contributed by atoms with Gasteiger partial charge in [0.2, 0.25) is 0 Å². The second-order valence-electron chi connectivity index (χ2n) is 6.35. The van der Waals surface area contributed by atoms with Gasteiger partial charge in [-0.15, -0.1) is 0 Å². The smallest absolute Gasteiger partial charge is 0.0700 e. The van der Waals surface area contributed by atoms with E-state index in [2.05, 4.69) is 31.1 Å². The summed E-state index contributed by atoms with van der Waals surface area (Å²) in [5.74, 6) is 3.52. The quantitative estimate of drug-likeness (QED) is 0.801. The SMILES string of the molecule is CCCC(CCC1CCOC2(CCSCC2)C1)NC. The van der Waals surface area contributed by atoms with Crippen LogP contribution in [0.3, 0.4) is 0 Å². The maximum atomic E-state index is 6.19. The van der Waals surface area contributed by atoms with Gasteiger partial charge >= 0.3 is 0 Å². The maximum Gasteiger partial charge on any atom is 0.0700 e. The van der Waals surface area contributed by atoms with Crippen molar-refractivity contribution in [1.82, 2.24) is 5.32 Å². The van der Waals surface area contributed by atoms with Crippen LogP contribution in [0.15, 0.2) is 0 Å². The molecule has 2 atom stereocenters. The molecular weight excluding hydrogens is 254 g/mol. The van der Waals surface area contributed by atoms with Crippen molar-refractivity contribution in [1.29, 1.82) is 0 Å². The number of ether oxygens (including phenoxy) is 1. The van der Waals surface area contributed by atoms with E-state index >= 15 is 0 Å². The minimum absolute atomic E-state index is 0.272. The van der Waals surface area contributed by atoms with Crippen molar-refractivity contribution < 1.29 is 4.74 Å². The van der Waals surface area contributed by atoms with Gasteiger partial charge in [-0.2, -0.15) is 11.8 Å². The average Bonchev–Trinajstić information content (AvgIpc) is 2.44. The van der Waals surface area contributed by atoms with Crippen molar-refractivity contribution in [3.05, 3.63) is 0 Å². The molecule has 2 aliphatic heterocycles. The van der Waals surface area contributed by atoms with Gasteiger partial charge in [-0.3, -0.25) is 0 Å². The summed E-state index contributed by atoms with van der Waals surface area (Å²) in [6.45, 7) is 3.29. The zero-order valence-electron chi connectivity index (χ0n) is 12.7. The molecule has 1 N–H and O–H groups in total. The number of hydrogen-bond acceptors (Lipinski definition) is 3. The van der Waals surface area contributed by atoms with E-state index in [-0.39, 0.29) is 5.60 Å². The van der Waals surface area contributed by atoms with Crippen molar-refractivity contribution in [3.63, 3.8) is 0 Å². The van der Waals surface area contributed by atoms with Gasteiger partial charge in [0.25, 0.3) is 0 Å². The van der Waals surface area contributed by atoms with Gasteiger partial charge in [-0.25, -0.2) is 0 Å². The van der Waals surface area contributed by atoms with Crippen molar-refractivity contribution in [2.75, 3.05) is 25.2 Å². The van der Waals surface area contributed by atoms with Crippen molar-refractivity contribution >= 4 is 11.8 Å². The lowest BCUT2D eigenvalue weighted by molar-refractivity contribution is -0.103. The summed E-state index contributed by atoms with van der Waals surface area (Å²) in [6, 6.07) is 0.728. The molecule has 2 fully saturated rings. The van der Waals surface area contributed by atoms with Crippen LogP contribution in [0.5, 0.6) is 0 Å². The molecule has 19 heavy (non-hydrogen) atoms. The molecule has 0 amide bonds. The molecule has 1 spiro atoms. The first kappa shape index (κ1) is 15.7. The van der Waals surface area contributed by atoms with Crippen LogP contribution < -0.4 is 5.32 Å². The molecule has 2 nitrogen and oxygen atoms in total. The Balaban J connectivity index is 1.77. The van der Waals surface area contributed by atoms with E-state index in [0.29, 0.717) is 0 Å². The predicted molar refractivity (Wildman–Crippen MR) is 85.0 cm³/mol. The molecule has 0 aliphatic carbocycles. The Morgan fingerprint density at radius 2 is 2.11 bits per heavy atom.